The molecule has 224 valence electrons. The lowest BCUT2D eigenvalue weighted by molar-refractivity contribution is 0.386. The molecule has 6 aromatic rings. The molecule has 0 aliphatic heterocycles. The maximum atomic E-state index is 5.42. The molecule has 2 heterocycles. The van der Waals surface area contributed by atoms with Crippen LogP contribution in [0.3, 0.4) is 0 Å². The molecule has 1 saturated carbocycles. The Bertz CT molecular complexity index is 2030. The van der Waals surface area contributed by atoms with Crippen molar-refractivity contribution in [1.82, 2.24) is 15.0 Å². The van der Waals surface area contributed by atoms with Crippen LogP contribution in [0.1, 0.15) is 72.4 Å². The summed E-state index contributed by atoms with van der Waals surface area (Å²) in [6.45, 7) is 0. The van der Waals surface area contributed by atoms with Crippen LogP contribution in [0.2, 0.25) is 0 Å². The molecule has 0 N–H and O–H groups in total. The van der Waals surface area contributed by atoms with Gasteiger partial charge in [-0.15, -0.1) is 0 Å². The maximum absolute atomic E-state index is 5.42. The van der Waals surface area contributed by atoms with Gasteiger partial charge in [-0.1, -0.05) is 115 Å². The number of hydrogen-bond acceptors (Lipinski definition) is 3. The van der Waals surface area contributed by atoms with Crippen LogP contribution >= 0.6 is 0 Å². The first-order valence-electron chi connectivity index (χ1n) is 16.6. The van der Waals surface area contributed by atoms with Crippen molar-refractivity contribution in [1.29, 1.82) is 0 Å². The number of aromatic nitrogens is 3. The van der Waals surface area contributed by atoms with E-state index in [2.05, 4.69) is 133 Å². The average Bonchev–Trinajstić information content (AvgIpc) is 3.15. The van der Waals surface area contributed by atoms with E-state index in [9.17, 15) is 0 Å². The van der Waals surface area contributed by atoms with Crippen molar-refractivity contribution in [3.05, 3.63) is 169 Å². The third-order valence-electron chi connectivity index (χ3n) is 9.93. The van der Waals surface area contributed by atoms with Crippen molar-refractivity contribution in [2.75, 3.05) is 0 Å². The van der Waals surface area contributed by atoms with E-state index in [1.54, 1.807) is 0 Å². The number of fused-ring (bicyclic) bond motifs is 1. The molecular weight excluding hydrogens is 558 g/mol. The monoisotopic (exact) mass is 595 g/mol. The van der Waals surface area contributed by atoms with Gasteiger partial charge in [0.2, 0.25) is 0 Å². The molecule has 0 amide bonds. The fraction of sp³-hybridized carbons (Fsp3) is 0.186. The first-order chi connectivity index (χ1) is 22.8. The topological polar surface area (TPSA) is 38.7 Å². The van der Waals surface area contributed by atoms with Gasteiger partial charge in [0.15, 0.2) is 0 Å². The highest BCUT2D eigenvalue weighted by molar-refractivity contribution is 5.86. The Morgan fingerprint density at radius 2 is 1.33 bits per heavy atom. The van der Waals surface area contributed by atoms with Gasteiger partial charge in [0.25, 0.3) is 0 Å². The molecular formula is C43H37N3. The quantitative estimate of drug-likeness (QED) is 0.192. The summed E-state index contributed by atoms with van der Waals surface area (Å²) in [5.41, 5.74) is 9.67. The number of hydrogen-bond donors (Lipinski definition) is 0. The third-order valence-corrected chi connectivity index (χ3v) is 9.93. The van der Waals surface area contributed by atoms with Crippen molar-refractivity contribution < 1.29 is 0 Å². The first kappa shape index (κ1) is 28.3. The molecule has 3 heteroatoms. The lowest BCUT2D eigenvalue weighted by atomic mass is 9.77. The largest absolute Gasteiger partial charge is 0.264 e. The Hall–Kier alpha value is -5.15. The summed E-state index contributed by atoms with van der Waals surface area (Å²) in [6.07, 6.45) is 18.3. The Kier molecular flexibility index (Phi) is 7.82. The number of pyridine rings is 1. The van der Waals surface area contributed by atoms with E-state index in [1.165, 1.54) is 33.0 Å². The lowest BCUT2D eigenvalue weighted by Crippen LogP contribution is -2.16. The number of rotatable bonds is 6. The van der Waals surface area contributed by atoms with E-state index >= 15 is 0 Å². The zero-order valence-electron chi connectivity index (χ0n) is 26.0. The minimum Gasteiger partial charge on any atom is -0.264 e. The molecule has 4 aromatic carbocycles. The minimum atomic E-state index is 0.223. The maximum Gasteiger partial charge on any atom is 0.132 e. The highest BCUT2D eigenvalue weighted by Gasteiger charge is 2.28. The van der Waals surface area contributed by atoms with Crippen molar-refractivity contribution in [3.63, 3.8) is 0 Å². The van der Waals surface area contributed by atoms with Gasteiger partial charge in [0.1, 0.15) is 5.82 Å². The fourth-order valence-electron chi connectivity index (χ4n) is 7.45. The molecule has 2 aliphatic carbocycles. The number of benzene rings is 4. The summed E-state index contributed by atoms with van der Waals surface area (Å²) in [7, 11) is 0. The number of allylic oxidation sites excluding steroid dienone is 4. The normalized spacial score (nSPS) is 19.6. The van der Waals surface area contributed by atoms with E-state index in [0.717, 1.165) is 60.3 Å². The Morgan fingerprint density at radius 1 is 0.587 bits per heavy atom. The minimum absolute atomic E-state index is 0.223. The SMILES string of the molecule is C1=CC(c2cnc(C3CCC(c4cccc5ccccc45)CC3)nc2-c2cccc(-c3cccnc3)c2)CC=C1c1ccccc1. The first-order valence-corrected chi connectivity index (χ1v) is 16.6. The second-order valence-electron chi connectivity index (χ2n) is 12.7. The zero-order chi connectivity index (χ0) is 30.7. The van der Waals surface area contributed by atoms with Crippen LogP contribution in [0.5, 0.6) is 0 Å². The van der Waals surface area contributed by atoms with Crippen molar-refractivity contribution in [2.24, 2.45) is 0 Å². The van der Waals surface area contributed by atoms with Crippen LogP contribution in [0.4, 0.5) is 0 Å². The molecule has 8 rings (SSSR count). The predicted octanol–water partition coefficient (Wildman–Crippen LogP) is 10.9. The van der Waals surface area contributed by atoms with Gasteiger partial charge in [0.05, 0.1) is 5.69 Å². The Morgan fingerprint density at radius 3 is 2.15 bits per heavy atom. The van der Waals surface area contributed by atoms with E-state index < -0.39 is 0 Å². The number of nitrogens with zero attached hydrogens (tertiary/aromatic N) is 3. The predicted molar refractivity (Wildman–Crippen MR) is 190 cm³/mol. The molecule has 0 saturated heterocycles. The molecule has 0 spiro atoms. The summed E-state index contributed by atoms with van der Waals surface area (Å²) in [5, 5.41) is 2.73. The molecule has 1 atom stereocenters. The second-order valence-corrected chi connectivity index (χ2v) is 12.7. The van der Waals surface area contributed by atoms with Crippen LogP contribution in [-0.2, 0) is 0 Å². The highest BCUT2D eigenvalue weighted by atomic mass is 14.9. The molecule has 0 radical (unpaired) electrons. The van der Waals surface area contributed by atoms with Crippen LogP contribution in [0.15, 0.2) is 146 Å². The van der Waals surface area contributed by atoms with Gasteiger partial charge >= 0.3 is 0 Å². The van der Waals surface area contributed by atoms with Crippen LogP contribution in [0, 0.1) is 0 Å². The van der Waals surface area contributed by atoms with Gasteiger partial charge in [-0.2, -0.15) is 0 Å². The summed E-state index contributed by atoms with van der Waals surface area (Å²) in [6, 6.07) is 39.1. The van der Waals surface area contributed by atoms with Crippen LogP contribution in [0.25, 0.3) is 38.7 Å². The third kappa shape index (κ3) is 5.70. The summed E-state index contributed by atoms with van der Waals surface area (Å²) < 4.78 is 0. The summed E-state index contributed by atoms with van der Waals surface area (Å²) in [4.78, 5) is 14.9. The van der Waals surface area contributed by atoms with Crippen LogP contribution < -0.4 is 0 Å². The van der Waals surface area contributed by atoms with Crippen LogP contribution in [-0.4, -0.2) is 15.0 Å². The van der Waals surface area contributed by atoms with Gasteiger partial charge in [-0.05, 0) is 83.2 Å². The summed E-state index contributed by atoms with van der Waals surface area (Å²) in [5.74, 6) is 2.16. The highest BCUT2D eigenvalue weighted by Crippen LogP contribution is 2.43. The van der Waals surface area contributed by atoms with E-state index in [4.69, 9.17) is 9.97 Å². The van der Waals surface area contributed by atoms with Gasteiger partial charge in [0, 0.05) is 47.1 Å². The van der Waals surface area contributed by atoms with E-state index in [-0.39, 0.29) is 5.92 Å². The van der Waals surface area contributed by atoms with Gasteiger partial charge in [-0.25, -0.2) is 9.97 Å². The lowest BCUT2D eigenvalue weighted by Gasteiger charge is -2.29. The van der Waals surface area contributed by atoms with E-state index in [1.807, 2.05) is 18.5 Å². The second kappa shape index (κ2) is 12.7. The van der Waals surface area contributed by atoms with E-state index in [0.29, 0.717) is 11.8 Å². The smallest absolute Gasteiger partial charge is 0.132 e. The molecule has 3 nitrogen and oxygen atoms in total. The van der Waals surface area contributed by atoms with Crippen molar-refractivity contribution in [3.8, 4) is 22.4 Å². The standard InChI is InChI=1S/C43H37N3/c1-2-9-30(10-3-1)31-18-20-34(21-19-31)41-29-45-43(46-42(41)37-14-6-13-36(27-37)38-15-8-26-44-28-38)35-24-22-33(23-25-35)40-17-7-12-32-11-4-5-16-39(32)40/h1-20,26-29,33-35H,21-25H2. The molecule has 1 fully saturated rings. The average molecular weight is 596 g/mol. The van der Waals surface area contributed by atoms with Crippen molar-refractivity contribution in [2.45, 2.75) is 49.9 Å². The molecule has 1 unspecified atom stereocenters. The zero-order valence-corrected chi connectivity index (χ0v) is 26.0. The summed E-state index contributed by atoms with van der Waals surface area (Å²) >= 11 is 0. The molecule has 2 aromatic heterocycles. The Balaban J connectivity index is 1.10. The molecule has 0 bridgehead atoms. The van der Waals surface area contributed by atoms with Gasteiger partial charge in [-0.3, -0.25) is 4.98 Å². The fourth-order valence-corrected chi connectivity index (χ4v) is 7.45. The molecule has 2 aliphatic rings. The Labute approximate surface area is 271 Å². The molecule has 46 heavy (non-hydrogen) atoms. The van der Waals surface area contributed by atoms with Crippen molar-refractivity contribution >= 4 is 16.3 Å². The van der Waals surface area contributed by atoms with Gasteiger partial charge < -0.3 is 0 Å².